The Bertz CT molecular complexity index is 252. The SMILES string of the molecule is CCOC1CC(N)C1NC(=O)[C@H]1CCCO1. The highest BCUT2D eigenvalue weighted by molar-refractivity contribution is 5.81. The van der Waals surface area contributed by atoms with E-state index in [0.717, 1.165) is 19.3 Å². The first kappa shape index (κ1) is 11.8. The van der Waals surface area contributed by atoms with Gasteiger partial charge in [-0.2, -0.15) is 0 Å². The molecule has 3 unspecified atom stereocenters. The van der Waals surface area contributed by atoms with Gasteiger partial charge in [-0.15, -0.1) is 0 Å². The normalized spacial score (nSPS) is 38.1. The minimum Gasteiger partial charge on any atom is -0.376 e. The van der Waals surface area contributed by atoms with E-state index in [2.05, 4.69) is 5.32 Å². The van der Waals surface area contributed by atoms with Gasteiger partial charge in [-0.05, 0) is 26.2 Å². The minimum atomic E-state index is -0.282. The molecule has 0 aromatic carbocycles. The quantitative estimate of drug-likeness (QED) is 0.698. The Morgan fingerprint density at radius 2 is 2.44 bits per heavy atom. The van der Waals surface area contributed by atoms with E-state index >= 15 is 0 Å². The van der Waals surface area contributed by atoms with E-state index in [1.54, 1.807) is 0 Å². The Hall–Kier alpha value is -0.650. The van der Waals surface area contributed by atoms with Crippen molar-refractivity contribution in [2.75, 3.05) is 13.2 Å². The summed E-state index contributed by atoms with van der Waals surface area (Å²) < 4.78 is 10.8. The van der Waals surface area contributed by atoms with Crippen LogP contribution < -0.4 is 11.1 Å². The molecule has 0 spiro atoms. The number of ether oxygens (including phenoxy) is 2. The van der Waals surface area contributed by atoms with Crippen molar-refractivity contribution in [3.8, 4) is 0 Å². The van der Waals surface area contributed by atoms with Crippen molar-refractivity contribution in [1.82, 2.24) is 5.32 Å². The lowest BCUT2D eigenvalue weighted by atomic mass is 9.83. The van der Waals surface area contributed by atoms with Crippen molar-refractivity contribution in [1.29, 1.82) is 0 Å². The van der Waals surface area contributed by atoms with Gasteiger partial charge in [0, 0.05) is 19.3 Å². The van der Waals surface area contributed by atoms with Crippen LogP contribution in [0, 0.1) is 0 Å². The average Bonchev–Trinajstić information content (AvgIpc) is 2.79. The van der Waals surface area contributed by atoms with Crippen molar-refractivity contribution in [3.05, 3.63) is 0 Å². The Balaban J connectivity index is 1.80. The van der Waals surface area contributed by atoms with Gasteiger partial charge in [0.05, 0.1) is 12.1 Å². The summed E-state index contributed by atoms with van der Waals surface area (Å²) in [4.78, 5) is 11.8. The molecule has 0 aromatic heterocycles. The van der Waals surface area contributed by atoms with Gasteiger partial charge in [0.25, 0.3) is 0 Å². The average molecular weight is 228 g/mol. The highest BCUT2D eigenvalue weighted by Crippen LogP contribution is 2.23. The lowest BCUT2D eigenvalue weighted by molar-refractivity contribution is -0.134. The second-order valence-electron chi connectivity index (χ2n) is 4.43. The van der Waals surface area contributed by atoms with Crippen LogP contribution in [0.25, 0.3) is 0 Å². The second kappa shape index (κ2) is 5.12. The van der Waals surface area contributed by atoms with Crippen LogP contribution in [0.2, 0.25) is 0 Å². The van der Waals surface area contributed by atoms with Crippen LogP contribution in [0.1, 0.15) is 26.2 Å². The van der Waals surface area contributed by atoms with E-state index in [1.807, 2.05) is 6.92 Å². The lowest BCUT2D eigenvalue weighted by Crippen LogP contribution is -2.65. The summed E-state index contributed by atoms with van der Waals surface area (Å²) in [5.41, 5.74) is 5.85. The zero-order chi connectivity index (χ0) is 11.5. The summed E-state index contributed by atoms with van der Waals surface area (Å²) in [6, 6.07) is -0.0291. The Labute approximate surface area is 95.7 Å². The first-order chi connectivity index (χ1) is 7.72. The van der Waals surface area contributed by atoms with Gasteiger partial charge in [-0.1, -0.05) is 0 Å². The molecule has 1 saturated carbocycles. The fourth-order valence-corrected chi connectivity index (χ4v) is 2.27. The van der Waals surface area contributed by atoms with Crippen molar-refractivity contribution in [2.24, 2.45) is 5.73 Å². The molecule has 1 aliphatic carbocycles. The van der Waals surface area contributed by atoms with Crippen LogP contribution in [0.15, 0.2) is 0 Å². The number of rotatable bonds is 4. The van der Waals surface area contributed by atoms with E-state index < -0.39 is 0 Å². The summed E-state index contributed by atoms with van der Waals surface area (Å²) >= 11 is 0. The van der Waals surface area contributed by atoms with E-state index in [-0.39, 0.29) is 30.2 Å². The van der Waals surface area contributed by atoms with Crippen LogP contribution in [0.4, 0.5) is 0 Å². The second-order valence-corrected chi connectivity index (χ2v) is 4.43. The fourth-order valence-electron chi connectivity index (χ4n) is 2.27. The molecule has 0 radical (unpaired) electrons. The smallest absolute Gasteiger partial charge is 0.249 e. The molecule has 16 heavy (non-hydrogen) atoms. The number of carbonyl (C=O) groups excluding carboxylic acids is 1. The first-order valence-electron chi connectivity index (χ1n) is 6.01. The fraction of sp³-hybridized carbons (Fsp3) is 0.909. The van der Waals surface area contributed by atoms with Gasteiger partial charge in [0.2, 0.25) is 5.91 Å². The van der Waals surface area contributed by atoms with Crippen molar-refractivity contribution < 1.29 is 14.3 Å². The highest BCUT2D eigenvalue weighted by Gasteiger charge is 2.41. The number of hydrogen-bond acceptors (Lipinski definition) is 4. The predicted octanol–water partition coefficient (Wildman–Crippen LogP) is -0.214. The molecule has 2 aliphatic rings. The number of nitrogens with two attached hydrogens (primary N) is 1. The topological polar surface area (TPSA) is 73.6 Å². The third kappa shape index (κ3) is 2.36. The van der Waals surface area contributed by atoms with Crippen molar-refractivity contribution in [3.63, 3.8) is 0 Å². The van der Waals surface area contributed by atoms with Gasteiger partial charge in [0.15, 0.2) is 0 Å². The molecule has 1 amide bonds. The molecular weight excluding hydrogens is 208 g/mol. The molecule has 3 N–H and O–H groups in total. The van der Waals surface area contributed by atoms with Crippen LogP contribution in [-0.2, 0) is 14.3 Å². The van der Waals surface area contributed by atoms with E-state index in [0.29, 0.717) is 13.2 Å². The summed E-state index contributed by atoms with van der Waals surface area (Å²) in [6.45, 7) is 3.29. The number of hydrogen-bond donors (Lipinski definition) is 2. The summed E-state index contributed by atoms with van der Waals surface area (Å²) in [6.07, 6.45) is 2.39. The highest BCUT2D eigenvalue weighted by atomic mass is 16.5. The van der Waals surface area contributed by atoms with Gasteiger partial charge in [0.1, 0.15) is 6.10 Å². The molecule has 2 fully saturated rings. The van der Waals surface area contributed by atoms with Crippen molar-refractivity contribution >= 4 is 5.91 Å². The minimum absolute atomic E-state index is 0.0157. The van der Waals surface area contributed by atoms with Gasteiger partial charge >= 0.3 is 0 Å². The van der Waals surface area contributed by atoms with Crippen LogP contribution in [0.5, 0.6) is 0 Å². The maximum absolute atomic E-state index is 11.8. The zero-order valence-electron chi connectivity index (χ0n) is 9.65. The molecule has 1 heterocycles. The molecule has 92 valence electrons. The molecule has 1 saturated heterocycles. The van der Waals surface area contributed by atoms with Gasteiger partial charge < -0.3 is 20.5 Å². The molecule has 5 heteroatoms. The van der Waals surface area contributed by atoms with Crippen LogP contribution in [0.3, 0.4) is 0 Å². The van der Waals surface area contributed by atoms with Gasteiger partial charge in [-0.25, -0.2) is 0 Å². The van der Waals surface area contributed by atoms with Crippen LogP contribution >= 0.6 is 0 Å². The largest absolute Gasteiger partial charge is 0.376 e. The number of carbonyl (C=O) groups is 1. The zero-order valence-corrected chi connectivity index (χ0v) is 9.65. The molecule has 5 nitrogen and oxygen atoms in total. The third-order valence-corrected chi connectivity index (χ3v) is 3.28. The van der Waals surface area contributed by atoms with Gasteiger partial charge in [-0.3, -0.25) is 4.79 Å². The molecule has 0 bridgehead atoms. The van der Waals surface area contributed by atoms with E-state index in [4.69, 9.17) is 15.2 Å². The number of amides is 1. The molecular formula is C11H20N2O3. The first-order valence-corrected chi connectivity index (χ1v) is 6.01. The molecule has 1 aliphatic heterocycles. The lowest BCUT2D eigenvalue weighted by Gasteiger charge is -2.42. The third-order valence-electron chi connectivity index (χ3n) is 3.28. The Morgan fingerprint density at radius 1 is 1.62 bits per heavy atom. The summed E-state index contributed by atoms with van der Waals surface area (Å²) in [5, 5.41) is 2.93. The summed E-state index contributed by atoms with van der Waals surface area (Å²) in [5.74, 6) is -0.0395. The molecule has 4 atom stereocenters. The Kier molecular flexibility index (Phi) is 3.78. The molecule has 0 aromatic rings. The standard InChI is InChI=1S/C11H20N2O3/c1-2-15-9-6-7(12)10(9)13-11(14)8-4-3-5-16-8/h7-10H,2-6,12H2,1H3,(H,13,14)/t7?,8-,9?,10?/m1/s1. The monoisotopic (exact) mass is 228 g/mol. The predicted molar refractivity (Wildman–Crippen MR) is 58.9 cm³/mol. The van der Waals surface area contributed by atoms with Crippen molar-refractivity contribution in [2.45, 2.75) is 50.5 Å². The maximum Gasteiger partial charge on any atom is 0.249 e. The summed E-state index contributed by atoms with van der Waals surface area (Å²) in [7, 11) is 0. The Morgan fingerprint density at radius 3 is 3.00 bits per heavy atom. The molecule has 2 rings (SSSR count). The maximum atomic E-state index is 11.8. The van der Waals surface area contributed by atoms with Crippen LogP contribution in [-0.4, -0.2) is 43.4 Å². The van der Waals surface area contributed by atoms with E-state index in [9.17, 15) is 4.79 Å². The number of nitrogens with one attached hydrogen (secondary N) is 1. The van der Waals surface area contributed by atoms with E-state index in [1.165, 1.54) is 0 Å².